The molecule has 0 amide bonds. The Morgan fingerprint density at radius 1 is 0.247 bits per heavy atom. The van der Waals surface area contributed by atoms with E-state index in [4.69, 9.17) is 0 Å². The molecule has 12 aromatic carbocycles. The predicted octanol–water partition coefficient (Wildman–Crippen LogP) is 19.0. The van der Waals surface area contributed by atoms with Crippen molar-refractivity contribution in [2.75, 3.05) is 0 Å². The van der Waals surface area contributed by atoms with Crippen LogP contribution in [0.2, 0.25) is 0 Å². The first kappa shape index (κ1) is 42.8. The molecule has 3 heteroatoms. The van der Waals surface area contributed by atoms with Crippen molar-refractivity contribution < 1.29 is 0 Å². The summed E-state index contributed by atoms with van der Waals surface area (Å²) in [4.78, 5) is 0. The number of hydrogen-bond acceptors (Lipinski definition) is 1. The minimum absolute atomic E-state index is 0.496. The molecular formula is C74H46N2S. The highest BCUT2D eigenvalue weighted by Crippen LogP contribution is 2.59. The molecule has 3 aromatic heterocycles. The van der Waals surface area contributed by atoms with Gasteiger partial charge in [0.05, 0.1) is 32.9 Å². The fourth-order valence-corrected chi connectivity index (χ4v) is 15.9. The minimum Gasteiger partial charge on any atom is -0.309 e. The van der Waals surface area contributed by atoms with E-state index in [1.807, 2.05) is 11.3 Å². The van der Waals surface area contributed by atoms with Gasteiger partial charge in [-0.25, -0.2) is 0 Å². The van der Waals surface area contributed by atoms with Gasteiger partial charge in [0.25, 0.3) is 0 Å². The highest BCUT2D eigenvalue weighted by atomic mass is 32.1. The number of hydrogen-bond donors (Lipinski definition) is 0. The molecule has 77 heavy (non-hydrogen) atoms. The van der Waals surface area contributed by atoms with Gasteiger partial charge in [-0.15, -0.1) is 11.3 Å². The van der Waals surface area contributed by atoms with Gasteiger partial charge in [-0.3, -0.25) is 0 Å². The van der Waals surface area contributed by atoms with Crippen molar-refractivity contribution in [3.05, 3.63) is 324 Å². The van der Waals surface area contributed by atoms with E-state index in [-0.39, 0.29) is 0 Å². The molecule has 0 radical (unpaired) electrons. The van der Waals surface area contributed by atoms with Crippen molar-refractivity contribution >= 4 is 75.1 Å². The smallest absolute Gasteiger partial charge is 0.0714 e. The summed E-state index contributed by atoms with van der Waals surface area (Å²) in [6.45, 7) is 0. The number of benzene rings is 12. The van der Waals surface area contributed by atoms with Crippen LogP contribution in [0.4, 0.5) is 0 Å². The lowest BCUT2D eigenvalue weighted by Crippen LogP contribution is -2.28. The van der Waals surface area contributed by atoms with Gasteiger partial charge in [0.2, 0.25) is 0 Å². The van der Waals surface area contributed by atoms with Crippen molar-refractivity contribution in [2.24, 2.45) is 0 Å². The molecule has 0 saturated carbocycles. The van der Waals surface area contributed by atoms with Crippen LogP contribution in [0.3, 0.4) is 0 Å². The van der Waals surface area contributed by atoms with E-state index in [9.17, 15) is 0 Å². The summed E-state index contributed by atoms with van der Waals surface area (Å²) in [5, 5.41) is 7.71. The third-order valence-electron chi connectivity index (χ3n) is 17.5. The van der Waals surface area contributed by atoms with Crippen LogP contribution in [-0.2, 0) is 10.8 Å². The molecule has 2 nitrogen and oxygen atoms in total. The topological polar surface area (TPSA) is 9.86 Å². The summed E-state index contributed by atoms with van der Waals surface area (Å²) in [6.07, 6.45) is 0. The lowest BCUT2D eigenvalue weighted by Gasteiger charge is -2.34. The van der Waals surface area contributed by atoms with E-state index in [2.05, 4.69) is 288 Å². The van der Waals surface area contributed by atoms with Crippen LogP contribution < -0.4 is 0 Å². The molecule has 2 aliphatic carbocycles. The maximum Gasteiger partial charge on any atom is 0.0714 e. The van der Waals surface area contributed by atoms with Crippen molar-refractivity contribution in [1.82, 2.24) is 9.13 Å². The van der Waals surface area contributed by atoms with Crippen molar-refractivity contribution in [3.8, 4) is 33.6 Å². The van der Waals surface area contributed by atoms with Gasteiger partial charge in [-0.05, 0) is 115 Å². The Morgan fingerprint density at radius 3 is 0.987 bits per heavy atom. The molecule has 17 rings (SSSR count). The Bertz CT molecular complexity index is 4520. The van der Waals surface area contributed by atoms with Crippen LogP contribution >= 0.6 is 11.3 Å². The summed E-state index contributed by atoms with van der Waals surface area (Å²) < 4.78 is 7.69. The molecule has 2 aliphatic rings. The molecule has 0 atom stereocenters. The number of rotatable bonds is 6. The zero-order chi connectivity index (χ0) is 50.4. The number of para-hydroxylation sites is 2. The first-order valence-electron chi connectivity index (χ1n) is 26.7. The van der Waals surface area contributed by atoms with Crippen LogP contribution in [0.25, 0.3) is 97.4 Å². The monoisotopic (exact) mass is 994 g/mol. The molecule has 15 aromatic rings. The fraction of sp³-hybridized carbons (Fsp3) is 0.0270. The van der Waals surface area contributed by atoms with Gasteiger partial charge in [-0.2, -0.15) is 0 Å². The highest BCUT2D eigenvalue weighted by molar-refractivity contribution is 7.27. The maximum absolute atomic E-state index is 2.52. The van der Waals surface area contributed by atoms with E-state index in [0.29, 0.717) is 0 Å². The molecule has 0 spiro atoms. The average molecular weight is 995 g/mol. The minimum atomic E-state index is -0.496. The van der Waals surface area contributed by atoms with Gasteiger partial charge in [0.15, 0.2) is 0 Å². The molecular weight excluding hydrogens is 949 g/mol. The molecule has 0 bridgehead atoms. The molecule has 358 valence electrons. The molecule has 0 N–H and O–H groups in total. The summed E-state index contributed by atoms with van der Waals surface area (Å²) in [7, 11) is 0. The van der Waals surface area contributed by atoms with Crippen LogP contribution in [-0.4, -0.2) is 9.13 Å². The highest BCUT2D eigenvalue weighted by Gasteiger charge is 2.48. The molecule has 0 saturated heterocycles. The Morgan fingerprint density at radius 2 is 0.584 bits per heavy atom. The zero-order valence-electron chi connectivity index (χ0n) is 41.9. The van der Waals surface area contributed by atoms with Gasteiger partial charge in [-0.1, -0.05) is 231 Å². The van der Waals surface area contributed by atoms with E-state index in [1.165, 1.54) is 131 Å². The van der Waals surface area contributed by atoms with Crippen LogP contribution in [0.15, 0.2) is 279 Å². The summed E-state index contributed by atoms with van der Waals surface area (Å²) >= 11 is 1.95. The van der Waals surface area contributed by atoms with Gasteiger partial charge in [0, 0.05) is 53.1 Å². The predicted molar refractivity (Wildman–Crippen MR) is 323 cm³/mol. The first-order chi connectivity index (χ1) is 38.2. The Kier molecular flexibility index (Phi) is 8.88. The number of aromatic nitrogens is 2. The van der Waals surface area contributed by atoms with Crippen LogP contribution in [0.5, 0.6) is 0 Å². The van der Waals surface area contributed by atoms with E-state index in [1.54, 1.807) is 0 Å². The third kappa shape index (κ3) is 5.58. The molecule has 0 fully saturated rings. The van der Waals surface area contributed by atoms with Crippen LogP contribution in [0, 0.1) is 0 Å². The summed E-state index contributed by atoms with van der Waals surface area (Å²) in [6, 6.07) is 105. The maximum atomic E-state index is 2.52. The lowest BCUT2D eigenvalue weighted by atomic mass is 9.67. The second-order valence-corrected chi connectivity index (χ2v) is 22.0. The van der Waals surface area contributed by atoms with Crippen molar-refractivity contribution in [2.45, 2.75) is 10.8 Å². The molecule has 0 unspecified atom stereocenters. The third-order valence-corrected chi connectivity index (χ3v) is 18.7. The Labute approximate surface area is 449 Å². The van der Waals surface area contributed by atoms with E-state index >= 15 is 0 Å². The van der Waals surface area contributed by atoms with Gasteiger partial charge < -0.3 is 9.13 Å². The second kappa shape index (κ2) is 16.0. The normalized spacial score (nSPS) is 13.9. The summed E-state index contributed by atoms with van der Waals surface area (Å²) in [5.74, 6) is 0. The molecule has 3 heterocycles. The van der Waals surface area contributed by atoms with E-state index in [0.717, 1.165) is 11.4 Å². The number of fused-ring (bicyclic) bond motifs is 17. The van der Waals surface area contributed by atoms with Gasteiger partial charge in [0.1, 0.15) is 0 Å². The lowest BCUT2D eigenvalue weighted by molar-refractivity contribution is 0.767. The standard InChI is InChI=1S/C74H46N2S/c1-5-21-47(22-6-1)73(48-23-7-2-8-24-48)61-33-17-13-29-53(61)55-39-37-51(45-63(55)73)75-65-35-19-15-31-59(65)69-67(75)43-41-57-58-42-44-68-70(72(58)77-71(57)69)60-32-16-20-36-66(60)76(68)52-38-40-56-54-30-14-18-34-62(54)74(64(56)46-52,49-25-9-3-10-26-49)50-27-11-4-12-28-50/h1-46H. The summed E-state index contributed by atoms with van der Waals surface area (Å²) in [5.41, 5.74) is 21.6. The Balaban J connectivity index is 0.894. The quantitative estimate of drug-likeness (QED) is 0.157. The van der Waals surface area contributed by atoms with Crippen molar-refractivity contribution in [1.29, 1.82) is 0 Å². The number of thiophene rings is 1. The second-order valence-electron chi connectivity index (χ2n) is 21.0. The van der Waals surface area contributed by atoms with Gasteiger partial charge >= 0.3 is 0 Å². The first-order valence-corrected chi connectivity index (χ1v) is 27.6. The fourth-order valence-electron chi connectivity index (χ4n) is 14.5. The SMILES string of the molecule is c1ccc(C2(c3ccccc3)c3ccccc3-c3ccc(-n4c5ccccc5c5c6sc7c(ccc8c7c7ccccc7n8-c7ccc8c(c7)C(c7ccccc7)(c7ccccc7)c7ccccc7-8)c6ccc54)cc32)cc1. The number of nitrogens with zero attached hydrogens (tertiary/aromatic N) is 2. The zero-order valence-corrected chi connectivity index (χ0v) is 42.7. The Hall–Kier alpha value is -9.54. The van der Waals surface area contributed by atoms with E-state index < -0.39 is 10.8 Å². The molecule has 0 aliphatic heterocycles. The van der Waals surface area contributed by atoms with Crippen molar-refractivity contribution in [3.63, 3.8) is 0 Å². The average Bonchev–Trinajstić information content (AvgIpc) is 4.31. The van der Waals surface area contributed by atoms with Crippen LogP contribution in [0.1, 0.15) is 44.5 Å². The largest absolute Gasteiger partial charge is 0.309 e.